The van der Waals surface area contributed by atoms with Crippen molar-refractivity contribution in [3.8, 4) is 0 Å². The van der Waals surface area contributed by atoms with Gasteiger partial charge in [-0.1, -0.05) is 32.4 Å². The number of carbonyl (C=O) groups is 1. The van der Waals surface area contributed by atoms with Crippen molar-refractivity contribution in [1.29, 1.82) is 0 Å². The Bertz CT molecular complexity index is 902. The predicted molar refractivity (Wildman–Crippen MR) is 112 cm³/mol. The van der Waals surface area contributed by atoms with Gasteiger partial charge in [0.05, 0.1) is 4.90 Å². The normalized spacial score (nSPS) is 25.2. The molecule has 8 heteroatoms. The minimum Gasteiger partial charge on any atom is -0.351 e. The van der Waals surface area contributed by atoms with Gasteiger partial charge in [-0.05, 0) is 43.7 Å². The Labute approximate surface area is 173 Å². The molecule has 2 atom stereocenters. The maximum Gasteiger partial charge on any atom is 0.263 e. The third-order valence-electron chi connectivity index (χ3n) is 6.32. The molecule has 0 radical (unpaired) electrons. The van der Waals surface area contributed by atoms with E-state index in [1.54, 1.807) is 24.3 Å². The third kappa shape index (κ3) is 4.33. The van der Waals surface area contributed by atoms with Gasteiger partial charge in [0.1, 0.15) is 11.9 Å². The zero-order valence-corrected chi connectivity index (χ0v) is 17.9. The van der Waals surface area contributed by atoms with Crippen LogP contribution in [0.1, 0.15) is 51.5 Å². The molecule has 7 nitrogen and oxygen atoms in total. The number of fused-ring (bicyclic) bond motifs is 1. The van der Waals surface area contributed by atoms with Crippen LogP contribution in [0.2, 0.25) is 0 Å². The van der Waals surface area contributed by atoms with Gasteiger partial charge in [0.25, 0.3) is 10.0 Å². The highest BCUT2D eigenvalue weighted by molar-refractivity contribution is 7.90. The standard InChI is InChI=1S/C21H30N4O3S/c1-3-14(2)19(21(26)22-15-10-12-25(13-11-15)16-8-9-16)23-20-17-6-4-5-7-18(17)29(27,28)24-20/h4-7,14-16,19H,3,8-13H2,1-2H3,(H,22,26)(H,23,24)/t14-,19-/m0/s1. The molecule has 1 aliphatic carbocycles. The second kappa shape index (κ2) is 8.07. The minimum absolute atomic E-state index is 0.00585. The molecule has 2 N–H and O–H groups in total. The lowest BCUT2D eigenvalue weighted by molar-refractivity contribution is -0.124. The highest BCUT2D eigenvalue weighted by atomic mass is 32.2. The summed E-state index contributed by atoms with van der Waals surface area (Å²) >= 11 is 0. The van der Waals surface area contributed by atoms with E-state index in [0.29, 0.717) is 5.56 Å². The van der Waals surface area contributed by atoms with E-state index < -0.39 is 16.1 Å². The van der Waals surface area contributed by atoms with E-state index in [0.717, 1.165) is 38.4 Å². The quantitative estimate of drug-likeness (QED) is 0.738. The number of hydrogen-bond donors (Lipinski definition) is 2. The zero-order chi connectivity index (χ0) is 20.6. The molecule has 1 aromatic carbocycles. The van der Waals surface area contributed by atoms with Gasteiger partial charge in [-0.25, -0.2) is 8.42 Å². The smallest absolute Gasteiger partial charge is 0.263 e. The molecular weight excluding hydrogens is 388 g/mol. The average molecular weight is 419 g/mol. The number of amides is 1. The number of likely N-dealkylation sites (tertiary alicyclic amines) is 1. The SMILES string of the molecule is CC[C@H](C)[C@H](N=C1NS(=O)(=O)c2ccccc21)C(=O)NC1CCN(C2CC2)CC1. The number of hydrogen-bond acceptors (Lipinski definition) is 5. The molecular formula is C21H30N4O3S. The first-order chi connectivity index (χ1) is 13.9. The number of nitrogens with one attached hydrogen (secondary N) is 2. The molecule has 1 saturated heterocycles. The molecule has 1 saturated carbocycles. The van der Waals surface area contributed by atoms with Gasteiger partial charge in [-0.3, -0.25) is 14.5 Å². The fourth-order valence-corrected chi connectivity index (χ4v) is 5.41. The number of piperidine rings is 1. The van der Waals surface area contributed by atoms with E-state index in [4.69, 9.17) is 0 Å². The highest BCUT2D eigenvalue weighted by Gasteiger charge is 2.35. The fourth-order valence-electron chi connectivity index (χ4n) is 4.17. The molecule has 0 aromatic heterocycles. The number of carbonyl (C=O) groups excluding carboxylic acids is 1. The summed E-state index contributed by atoms with van der Waals surface area (Å²) in [5.41, 5.74) is 0.534. The second-order valence-electron chi connectivity index (χ2n) is 8.46. The van der Waals surface area contributed by atoms with Crippen LogP contribution in [0.4, 0.5) is 0 Å². The lowest BCUT2D eigenvalue weighted by Crippen LogP contribution is -2.49. The van der Waals surface area contributed by atoms with Crippen LogP contribution >= 0.6 is 0 Å². The zero-order valence-electron chi connectivity index (χ0n) is 17.1. The van der Waals surface area contributed by atoms with E-state index in [-0.39, 0.29) is 28.6 Å². The van der Waals surface area contributed by atoms with Crippen molar-refractivity contribution in [3.63, 3.8) is 0 Å². The molecule has 2 heterocycles. The van der Waals surface area contributed by atoms with Crippen LogP contribution in [0.25, 0.3) is 0 Å². The Morgan fingerprint density at radius 1 is 1.24 bits per heavy atom. The molecule has 4 rings (SSSR count). The van der Waals surface area contributed by atoms with Crippen molar-refractivity contribution >= 4 is 21.8 Å². The average Bonchev–Trinajstić information content (AvgIpc) is 3.52. The van der Waals surface area contributed by atoms with E-state index >= 15 is 0 Å². The topological polar surface area (TPSA) is 90.9 Å². The van der Waals surface area contributed by atoms with Gasteiger partial charge in [-0.2, -0.15) is 0 Å². The van der Waals surface area contributed by atoms with E-state index in [1.165, 1.54) is 12.8 Å². The molecule has 3 aliphatic rings. The molecule has 29 heavy (non-hydrogen) atoms. The Morgan fingerprint density at radius 3 is 2.59 bits per heavy atom. The number of benzene rings is 1. The van der Waals surface area contributed by atoms with Crippen LogP contribution in [0.15, 0.2) is 34.2 Å². The maximum atomic E-state index is 13.1. The Morgan fingerprint density at radius 2 is 1.93 bits per heavy atom. The van der Waals surface area contributed by atoms with Gasteiger partial charge < -0.3 is 10.2 Å². The Balaban J connectivity index is 1.49. The first kappa shape index (κ1) is 20.3. The van der Waals surface area contributed by atoms with Crippen LogP contribution in [0, 0.1) is 5.92 Å². The number of aliphatic imine (C=N–C) groups is 1. The second-order valence-corrected chi connectivity index (χ2v) is 10.1. The summed E-state index contributed by atoms with van der Waals surface area (Å²) in [6.07, 6.45) is 5.32. The lowest BCUT2D eigenvalue weighted by atomic mass is 9.97. The lowest BCUT2D eigenvalue weighted by Gasteiger charge is -2.33. The highest BCUT2D eigenvalue weighted by Crippen LogP contribution is 2.29. The van der Waals surface area contributed by atoms with Crippen molar-refractivity contribution in [1.82, 2.24) is 14.9 Å². The molecule has 0 spiro atoms. The summed E-state index contributed by atoms with van der Waals surface area (Å²) in [4.78, 5) is 20.4. The monoisotopic (exact) mass is 418 g/mol. The van der Waals surface area contributed by atoms with Crippen LogP contribution in [0.5, 0.6) is 0 Å². The molecule has 0 bridgehead atoms. The summed E-state index contributed by atoms with van der Waals surface area (Å²) in [5, 5.41) is 3.18. The van der Waals surface area contributed by atoms with Gasteiger partial charge in [-0.15, -0.1) is 0 Å². The summed E-state index contributed by atoms with van der Waals surface area (Å²) in [6, 6.07) is 7.07. The first-order valence-electron chi connectivity index (χ1n) is 10.6. The van der Waals surface area contributed by atoms with Crippen molar-refractivity contribution < 1.29 is 13.2 Å². The van der Waals surface area contributed by atoms with Crippen LogP contribution < -0.4 is 10.0 Å². The van der Waals surface area contributed by atoms with Crippen molar-refractivity contribution in [3.05, 3.63) is 29.8 Å². The minimum atomic E-state index is -3.61. The van der Waals surface area contributed by atoms with Gasteiger partial charge >= 0.3 is 0 Å². The molecule has 2 aliphatic heterocycles. The number of rotatable bonds is 6. The van der Waals surface area contributed by atoms with Gasteiger partial charge in [0, 0.05) is 30.7 Å². The summed E-state index contributed by atoms with van der Waals surface area (Å²) in [5.74, 6) is 0.163. The fraction of sp³-hybridized carbons (Fsp3) is 0.619. The number of sulfonamides is 1. The van der Waals surface area contributed by atoms with Crippen LogP contribution in [-0.4, -0.2) is 56.3 Å². The van der Waals surface area contributed by atoms with Crippen molar-refractivity contribution in [2.45, 2.75) is 69.0 Å². The number of amidine groups is 1. The van der Waals surface area contributed by atoms with E-state index in [2.05, 4.69) is 19.9 Å². The predicted octanol–water partition coefficient (Wildman–Crippen LogP) is 1.88. The first-order valence-corrected chi connectivity index (χ1v) is 12.1. The third-order valence-corrected chi connectivity index (χ3v) is 7.72. The van der Waals surface area contributed by atoms with Crippen molar-refractivity contribution in [2.75, 3.05) is 13.1 Å². The van der Waals surface area contributed by atoms with E-state index in [9.17, 15) is 13.2 Å². The Hall–Kier alpha value is -1.93. The molecule has 1 amide bonds. The Kier molecular flexibility index (Phi) is 5.66. The van der Waals surface area contributed by atoms with Gasteiger partial charge in [0.15, 0.2) is 0 Å². The molecule has 158 valence electrons. The van der Waals surface area contributed by atoms with E-state index in [1.807, 2.05) is 13.8 Å². The molecule has 0 unspecified atom stereocenters. The summed E-state index contributed by atoms with van der Waals surface area (Å²) < 4.78 is 27.3. The van der Waals surface area contributed by atoms with Crippen molar-refractivity contribution in [2.24, 2.45) is 10.9 Å². The van der Waals surface area contributed by atoms with Crippen LogP contribution in [0.3, 0.4) is 0 Å². The maximum absolute atomic E-state index is 13.1. The van der Waals surface area contributed by atoms with Gasteiger partial charge in [0.2, 0.25) is 5.91 Å². The molecule has 2 fully saturated rings. The van der Waals surface area contributed by atoms with Crippen LogP contribution in [-0.2, 0) is 14.8 Å². The summed E-state index contributed by atoms with van der Waals surface area (Å²) in [7, 11) is -3.61. The summed E-state index contributed by atoms with van der Waals surface area (Å²) in [6.45, 7) is 6.07. The number of nitrogens with zero attached hydrogens (tertiary/aromatic N) is 2. The molecule has 1 aromatic rings. The largest absolute Gasteiger partial charge is 0.351 e.